The highest BCUT2D eigenvalue weighted by Gasteiger charge is 2.30. The van der Waals surface area contributed by atoms with Crippen molar-refractivity contribution in [2.24, 2.45) is 5.92 Å². The van der Waals surface area contributed by atoms with Crippen molar-refractivity contribution in [1.82, 2.24) is 5.32 Å². The van der Waals surface area contributed by atoms with E-state index in [4.69, 9.17) is 4.74 Å². The van der Waals surface area contributed by atoms with Crippen LogP contribution in [0.25, 0.3) is 0 Å². The predicted molar refractivity (Wildman–Crippen MR) is 75.6 cm³/mol. The van der Waals surface area contributed by atoms with Gasteiger partial charge in [-0.15, -0.1) is 0 Å². The molecule has 2 rings (SSSR count). The minimum absolute atomic E-state index is 0.202. The average molecular weight is 247 g/mol. The van der Waals surface area contributed by atoms with Crippen LogP contribution in [0, 0.1) is 5.92 Å². The first kappa shape index (κ1) is 13.6. The van der Waals surface area contributed by atoms with E-state index in [-0.39, 0.29) is 6.10 Å². The smallest absolute Gasteiger partial charge is 0.0982 e. The Bertz CT molecular complexity index is 349. The number of hydrogen-bond acceptors (Lipinski definition) is 2. The Kier molecular flexibility index (Phi) is 4.79. The summed E-state index contributed by atoms with van der Waals surface area (Å²) in [6, 6.07) is 11.0. The molecule has 0 radical (unpaired) electrons. The molecule has 1 aromatic carbocycles. The number of morpholine rings is 1. The first-order valence-electron chi connectivity index (χ1n) is 7.14. The van der Waals surface area contributed by atoms with Crippen LogP contribution in [0.1, 0.15) is 45.3 Å². The monoisotopic (exact) mass is 247 g/mol. The van der Waals surface area contributed by atoms with Crippen LogP contribution in [0.4, 0.5) is 0 Å². The second kappa shape index (κ2) is 6.35. The maximum atomic E-state index is 6.32. The zero-order chi connectivity index (χ0) is 13.0. The molecule has 0 bridgehead atoms. The molecule has 0 amide bonds. The molecule has 1 N–H and O–H groups in total. The molecule has 100 valence electrons. The van der Waals surface area contributed by atoms with E-state index in [9.17, 15) is 0 Å². The highest BCUT2D eigenvalue weighted by Crippen LogP contribution is 2.29. The van der Waals surface area contributed by atoms with Crippen molar-refractivity contribution >= 4 is 0 Å². The maximum Gasteiger partial charge on any atom is 0.0982 e. The Morgan fingerprint density at radius 2 is 2.00 bits per heavy atom. The van der Waals surface area contributed by atoms with Crippen LogP contribution in [0.2, 0.25) is 0 Å². The summed E-state index contributed by atoms with van der Waals surface area (Å²) in [6.45, 7) is 7.72. The minimum Gasteiger partial charge on any atom is -0.367 e. The Hall–Kier alpha value is -0.860. The molecule has 0 saturated carbocycles. The summed E-state index contributed by atoms with van der Waals surface area (Å²) in [4.78, 5) is 0. The van der Waals surface area contributed by atoms with Crippen molar-refractivity contribution < 1.29 is 4.74 Å². The molecule has 1 aliphatic heterocycles. The van der Waals surface area contributed by atoms with E-state index in [1.165, 1.54) is 5.56 Å². The molecule has 2 nitrogen and oxygen atoms in total. The second-order valence-electron chi connectivity index (χ2n) is 5.64. The zero-order valence-corrected chi connectivity index (χ0v) is 11.7. The van der Waals surface area contributed by atoms with Gasteiger partial charge in [0.1, 0.15) is 0 Å². The van der Waals surface area contributed by atoms with E-state index < -0.39 is 0 Å². The molecule has 1 saturated heterocycles. The molecule has 3 atom stereocenters. The molecule has 0 spiro atoms. The van der Waals surface area contributed by atoms with Crippen LogP contribution in [0.5, 0.6) is 0 Å². The fourth-order valence-corrected chi connectivity index (χ4v) is 2.72. The van der Waals surface area contributed by atoms with Gasteiger partial charge in [-0.05, 0) is 24.3 Å². The van der Waals surface area contributed by atoms with Crippen LogP contribution in [0.3, 0.4) is 0 Å². The summed E-state index contributed by atoms with van der Waals surface area (Å²) in [5.74, 6) is 0.686. The summed E-state index contributed by atoms with van der Waals surface area (Å²) >= 11 is 0. The number of hydrogen-bond donors (Lipinski definition) is 1. The van der Waals surface area contributed by atoms with Crippen molar-refractivity contribution in [2.45, 2.75) is 51.9 Å². The van der Waals surface area contributed by atoms with Gasteiger partial charge in [-0.25, -0.2) is 0 Å². The number of nitrogens with one attached hydrogen (secondary N) is 1. The van der Waals surface area contributed by atoms with E-state index in [1.807, 2.05) is 0 Å². The molecule has 1 aromatic rings. The van der Waals surface area contributed by atoms with Gasteiger partial charge in [-0.2, -0.15) is 0 Å². The topological polar surface area (TPSA) is 21.3 Å². The Morgan fingerprint density at radius 3 is 2.61 bits per heavy atom. The van der Waals surface area contributed by atoms with Crippen molar-refractivity contribution in [2.75, 3.05) is 6.54 Å². The molecule has 1 heterocycles. The lowest BCUT2D eigenvalue weighted by atomic mass is 9.96. The van der Waals surface area contributed by atoms with Crippen molar-refractivity contribution in [3.8, 4) is 0 Å². The van der Waals surface area contributed by atoms with Crippen LogP contribution in [0.15, 0.2) is 30.3 Å². The van der Waals surface area contributed by atoms with Gasteiger partial charge in [0.2, 0.25) is 0 Å². The van der Waals surface area contributed by atoms with Gasteiger partial charge in [-0.1, -0.05) is 51.1 Å². The van der Waals surface area contributed by atoms with Crippen LogP contribution in [-0.2, 0) is 4.74 Å². The normalized spacial score (nSPS) is 28.6. The van der Waals surface area contributed by atoms with Gasteiger partial charge in [0, 0.05) is 12.6 Å². The fourth-order valence-electron chi connectivity index (χ4n) is 2.72. The van der Waals surface area contributed by atoms with Crippen molar-refractivity contribution in [3.05, 3.63) is 35.9 Å². The molecule has 0 aromatic heterocycles. The van der Waals surface area contributed by atoms with Crippen LogP contribution >= 0.6 is 0 Å². The van der Waals surface area contributed by atoms with Gasteiger partial charge in [0.25, 0.3) is 0 Å². The maximum absolute atomic E-state index is 6.32. The number of benzene rings is 1. The van der Waals surface area contributed by atoms with Gasteiger partial charge in [0.05, 0.1) is 12.2 Å². The molecular formula is C16H25NO. The summed E-state index contributed by atoms with van der Waals surface area (Å²) in [5.41, 5.74) is 1.30. The first-order valence-corrected chi connectivity index (χ1v) is 7.14. The number of ether oxygens (including phenoxy) is 1. The van der Waals surface area contributed by atoms with Gasteiger partial charge >= 0.3 is 0 Å². The summed E-state index contributed by atoms with van der Waals surface area (Å²) in [5, 5.41) is 3.65. The van der Waals surface area contributed by atoms with E-state index >= 15 is 0 Å². The molecule has 2 heteroatoms. The second-order valence-corrected chi connectivity index (χ2v) is 5.64. The summed E-state index contributed by atoms with van der Waals surface area (Å²) < 4.78 is 6.32. The third-order valence-electron chi connectivity index (χ3n) is 3.61. The minimum atomic E-state index is 0.202. The van der Waals surface area contributed by atoms with Gasteiger partial charge in [0.15, 0.2) is 0 Å². The third-order valence-corrected chi connectivity index (χ3v) is 3.61. The summed E-state index contributed by atoms with van der Waals surface area (Å²) in [7, 11) is 0. The lowest BCUT2D eigenvalue weighted by Gasteiger charge is -2.38. The highest BCUT2D eigenvalue weighted by atomic mass is 16.5. The molecule has 1 aliphatic rings. The van der Waals surface area contributed by atoms with E-state index in [1.54, 1.807) is 0 Å². The van der Waals surface area contributed by atoms with Gasteiger partial charge < -0.3 is 10.1 Å². The predicted octanol–water partition coefficient (Wildman–Crippen LogP) is 3.54. The number of rotatable bonds is 4. The Balaban J connectivity index is 2.08. The molecular weight excluding hydrogens is 222 g/mol. The Morgan fingerprint density at radius 1 is 1.28 bits per heavy atom. The third kappa shape index (κ3) is 3.33. The largest absolute Gasteiger partial charge is 0.367 e. The molecule has 3 unspecified atom stereocenters. The van der Waals surface area contributed by atoms with E-state index in [2.05, 4.69) is 56.4 Å². The van der Waals surface area contributed by atoms with E-state index in [0.29, 0.717) is 18.1 Å². The molecule has 1 fully saturated rings. The zero-order valence-electron chi connectivity index (χ0n) is 11.7. The van der Waals surface area contributed by atoms with Crippen LogP contribution in [-0.4, -0.2) is 18.7 Å². The first-order chi connectivity index (χ1) is 8.70. The lowest BCUT2D eigenvalue weighted by molar-refractivity contribution is -0.0731. The fraction of sp³-hybridized carbons (Fsp3) is 0.625. The van der Waals surface area contributed by atoms with E-state index in [0.717, 1.165) is 19.4 Å². The Labute approximate surface area is 111 Å². The molecule has 18 heavy (non-hydrogen) atoms. The quantitative estimate of drug-likeness (QED) is 0.878. The average Bonchev–Trinajstić information content (AvgIpc) is 2.39. The van der Waals surface area contributed by atoms with Crippen molar-refractivity contribution in [3.63, 3.8) is 0 Å². The SMILES string of the molecule is CCC1NCC(CC(C)C)OC1c1ccccc1. The molecule has 0 aliphatic carbocycles. The van der Waals surface area contributed by atoms with Crippen molar-refractivity contribution in [1.29, 1.82) is 0 Å². The standard InChI is InChI=1S/C16H25NO/c1-4-15-16(13-8-6-5-7-9-13)18-14(11-17-15)10-12(2)3/h5-9,12,14-17H,4,10-11H2,1-3H3. The lowest BCUT2D eigenvalue weighted by Crippen LogP contribution is -2.48. The van der Waals surface area contributed by atoms with Crippen LogP contribution < -0.4 is 5.32 Å². The van der Waals surface area contributed by atoms with Gasteiger partial charge in [-0.3, -0.25) is 0 Å². The summed E-state index contributed by atoms with van der Waals surface area (Å²) in [6.07, 6.45) is 2.78. The highest BCUT2D eigenvalue weighted by molar-refractivity contribution is 5.19.